The summed E-state index contributed by atoms with van der Waals surface area (Å²) in [7, 11) is 0. The third-order valence-electron chi connectivity index (χ3n) is 1.10. The van der Waals surface area contributed by atoms with Crippen LogP contribution in [0.4, 0.5) is 0 Å². The summed E-state index contributed by atoms with van der Waals surface area (Å²) in [5.74, 6) is -1.55. The molecule has 0 aliphatic heterocycles. The van der Waals surface area contributed by atoms with Crippen LogP contribution in [0.2, 0.25) is 0 Å². The molecule has 3 N–H and O–H groups in total. The second-order valence-corrected chi connectivity index (χ2v) is 2.27. The van der Waals surface area contributed by atoms with Gasteiger partial charge in [0.25, 0.3) is 0 Å². The van der Waals surface area contributed by atoms with Gasteiger partial charge in [0.05, 0.1) is 6.42 Å². The van der Waals surface area contributed by atoms with Gasteiger partial charge in [-0.2, -0.15) is 4.80 Å². The van der Waals surface area contributed by atoms with Crippen LogP contribution < -0.4 is 5.73 Å². The van der Waals surface area contributed by atoms with Gasteiger partial charge in [-0.05, 0) is 5.21 Å². The van der Waals surface area contributed by atoms with Gasteiger partial charge in [0.15, 0.2) is 12.4 Å². The predicted molar refractivity (Wildman–Crippen MR) is 38.4 cm³/mol. The number of aliphatic carboxylic acids is 1. The van der Waals surface area contributed by atoms with Crippen LogP contribution in [0.5, 0.6) is 0 Å². The molecule has 13 heavy (non-hydrogen) atoms. The smallest absolute Gasteiger partial charge is 0.327 e. The summed E-state index contributed by atoms with van der Waals surface area (Å²) < 4.78 is 0. The van der Waals surface area contributed by atoms with Crippen molar-refractivity contribution in [2.45, 2.75) is 13.0 Å². The summed E-state index contributed by atoms with van der Waals surface area (Å²) in [5.41, 5.74) is 4.86. The molecule has 8 heteroatoms. The number of carbonyl (C=O) groups is 2. The minimum atomic E-state index is -1.08. The van der Waals surface area contributed by atoms with Crippen molar-refractivity contribution in [3.05, 3.63) is 5.82 Å². The van der Waals surface area contributed by atoms with Crippen LogP contribution in [-0.4, -0.2) is 37.2 Å². The molecule has 0 saturated heterocycles. The zero-order chi connectivity index (χ0) is 9.84. The second-order valence-electron chi connectivity index (χ2n) is 2.27. The first kappa shape index (κ1) is 9.10. The van der Waals surface area contributed by atoms with Crippen LogP contribution in [0.1, 0.15) is 5.82 Å². The Labute approximate surface area is 72.3 Å². The SMILES string of the molecule is NC(=O)Cc1nnn(CC(=O)O)n1. The molecule has 0 unspecified atom stereocenters. The van der Waals surface area contributed by atoms with E-state index in [2.05, 4.69) is 15.4 Å². The highest BCUT2D eigenvalue weighted by molar-refractivity contribution is 5.75. The number of nitrogens with zero attached hydrogens (tertiary/aromatic N) is 4. The fourth-order valence-corrected chi connectivity index (χ4v) is 0.691. The highest BCUT2D eigenvalue weighted by Crippen LogP contribution is 1.87. The van der Waals surface area contributed by atoms with Crippen LogP contribution in [0.3, 0.4) is 0 Å². The maximum absolute atomic E-state index is 10.4. The summed E-state index contributed by atoms with van der Waals surface area (Å²) in [6.45, 7) is -0.383. The largest absolute Gasteiger partial charge is 0.480 e. The van der Waals surface area contributed by atoms with Crippen LogP contribution in [0, 0.1) is 0 Å². The lowest BCUT2D eigenvalue weighted by Gasteiger charge is -1.89. The Morgan fingerprint density at radius 3 is 2.77 bits per heavy atom. The highest BCUT2D eigenvalue weighted by atomic mass is 16.4. The number of carbonyl (C=O) groups excluding carboxylic acids is 1. The standard InChI is InChI=1S/C5H7N5O3/c6-3(11)1-4-7-9-10(8-4)2-5(12)13/h1-2H2,(H2,6,11)(H,12,13). The van der Waals surface area contributed by atoms with Gasteiger partial charge in [-0.3, -0.25) is 9.59 Å². The first-order valence-corrected chi connectivity index (χ1v) is 3.34. The molecule has 1 aromatic heterocycles. The normalized spacial score (nSPS) is 9.85. The van der Waals surface area contributed by atoms with Crippen molar-refractivity contribution < 1.29 is 14.7 Å². The van der Waals surface area contributed by atoms with E-state index in [1.807, 2.05) is 0 Å². The zero-order valence-electron chi connectivity index (χ0n) is 6.54. The molecule has 0 fully saturated rings. The lowest BCUT2D eigenvalue weighted by molar-refractivity contribution is -0.138. The number of carboxylic acid groups (broad SMARTS) is 1. The summed E-state index contributed by atoms with van der Waals surface area (Å²) >= 11 is 0. The molecule has 0 bridgehead atoms. The number of tetrazole rings is 1. The zero-order valence-corrected chi connectivity index (χ0v) is 6.54. The van der Waals surface area contributed by atoms with Crippen molar-refractivity contribution in [3.63, 3.8) is 0 Å². The van der Waals surface area contributed by atoms with E-state index in [0.29, 0.717) is 0 Å². The topological polar surface area (TPSA) is 124 Å². The molecule has 1 heterocycles. The maximum atomic E-state index is 10.4. The van der Waals surface area contributed by atoms with E-state index in [9.17, 15) is 9.59 Å². The number of hydrogen-bond acceptors (Lipinski definition) is 5. The van der Waals surface area contributed by atoms with Gasteiger partial charge >= 0.3 is 5.97 Å². The average molecular weight is 185 g/mol. The Kier molecular flexibility index (Phi) is 2.52. The summed E-state index contributed by atoms with van der Waals surface area (Å²) in [4.78, 5) is 21.4. The third kappa shape index (κ3) is 2.85. The molecular weight excluding hydrogens is 178 g/mol. The Morgan fingerprint density at radius 1 is 1.54 bits per heavy atom. The first-order chi connectivity index (χ1) is 6.08. The Hall–Kier alpha value is -1.99. The lowest BCUT2D eigenvalue weighted by atomic mass is 10.4. The number of hydrogen-bond donors (Lipinski definition) is 2. The fourth-order valence-electron chi connectivity index (χ4n) is 0.691. The fraction of sp³-hybridized carbons (Fsp3) is 0.400. The monoisotopic (exact) mass is 185 g/mol. The molecule has 0 aliphatic rings. The van der Waals surface area contributed by atoms with Crippen LogP contribution >= 0.6 is 0 Å². The van der Waals surface area contributed by atoms with Crippen molar-refractivity contribution in [1.29, 1.82) is 0 Å². The molecule has 0 aromatic carbocycles. The van der Waals surface area contributed by atoms with Crippen LogP contribution in [-0.2, 0) is 22.6 Å². The third-order valence-corrected chi connectivity index (χ3v) is 1.10. The Bertz CT molecular complexity index is 302. The molecular formula is C5H7N5O3. The van der Waals surface area contributed by atoms with E-state index in [1.165, 1.54) is 0 Å². The van der Waals surface area contributed by atoms with Gasteiger partial charge in [0.1, 0.15) is 0 Å². The molecule has 0 atom stereocenters. The van der Waals surface area contributed by atoms with Crippen molar-refractivity contribution in [3.8, 4) is 0 Å². The lowest BCUT2D eigenvalue weighted by Crippen LogP contribution is -2.15. The summed E-state index contributed by atoms with van der Waals surface area (Å²) in [6.07, 6.45) is -0.139. The summed E-state index contributed by atoms with van der Waals surface area (Å²) in [5, 5.41) is 18.8. The van der Waals surface area contributed by atoms with E-state index in [4.69, 9.17) is 10.8 Å². The molecule has 8 nitrogen and oxygen atoms in total. The first-order valence-electron chi connectivity index (χ1n) is 3.34. The van der Waals surface area contributed by atoms with Gasteiger partial charge in [0, 0.05) is 0 Å². The van der Waals surface area contributed by atoms with Crippen molar-refractivity contribution in [2.75, 3.05) is 0 Å². The highest BCUT2D eigenvalue weighted by Gasteiger charge is 2.07. The second kappa shape index (κ2) is 3.61. The van der Waals surface area contributed by atoms with Crippen LogP contribution in [0.25, 0.3) is 0 Å². The van der Waals surface area contributed by atoms with E-state index in [0.717, 1.165) is 4.80 Å². The van der Waals surface area contributed by atoms with E-state index in [1.54, 1.807) is 0 Å². The van der Waals surface area contributed by atoms with Crippen molar-refractivity contribution in [2.24, 2.45) is 5.73 Å². The van der Waals surface area contributed by atoms with Crippen LogP contribution in [0.15, 0.2) is 0 Å². The van der Waals surface area contributed by atoms with E-state index in [-0.39, 0.29) is 18.8 Å². The molecule has 1 rings (SSSR count). The maximum Gasteiger partial charge on any atom is 0.327 e. The average Bonchev–Trinajstić information content (AvgIpc) is 2.33. The minimum Gasteiger partial charge on any atom is -0.480 e. The molecule has 0 saturated carbocycles. The molecule has 0 aliphatic carbocycles. The number of amides is 1. The number of carboxylic acids is 1. The molecule has 1 aromatic rings. The molecule has 0 spiro atoms. The van der Waals surface area contributed by atoms with E-state index >= 15 is 0 Å². The van der Waals surface area contributed by atoms with Crippen molar-refractivity contribution >= 4 is 11.9 Å². The van der Waals surface area contributed by atoms with Gasteiger partial charge in [-0.1, -0.05) is 0 Å². The Morgan fingerprint density at radius 2 is 2.23 bits per heavy atom. The quantitative estimate of drug-likeness (QED) is 0.547. The predicted octanol–water partition coefficient (Wildman–Crippen LogP) is -2.21. The van der Waals surface area contributed by atoms with E-state index < -0.39 is 11.9 Å². The van der Waals surface area contributed by atoms with Crippen molar-refractivity contribution in [1.82, 2.24) is 20.2 Å². The van der Waals surface area contributed by atoms with Gasteiger partial charge in [-0.25, -0.2) is 0 Å². The molecule has 1 amide bonds. The van der Waals surface area contributed by atoms with Gasteiger partial charge in [0.2, 0.25) is 5.91 Å². The van der Waals surface area contributed by atoms with Gasteiger partial charge < -0.3 is 10.8 Å². The Balaban J connectivity index is 2.63. The number of rotatable bonds is 4. The summed E-state index contributed by atoms with van der Waals surface area (Å²) in [6, 6.07) is 0. The minimum absolute atomic E-state index is 0.119. The number of primary amides is 1. The number of aromatic nitrogens is 4. The molecule has 0 radical (unpaired) electrons. The molecule has 70 valence electrons. The number of nitrogens with two attached hydrogens (primary N) is 1. The van der Waals surface area contributed by atoms with Gasteiger partial charge in [-0.15, -0.1) is 10.2 Å².